The lowest BCUT2D eigenvalue weighted by Gasteiger charge is -2.51. The van der Waals surface area contributed by atoms with E-state index >= 15 is 0 Å². The van der Waals surface area contributed by atoms with Crippen molar-refractivity contribution < 1.29 is 0 Å². The third-order valence-electron chi connectivity index (χ3n) is 29.1. The highest BCUT2D eigenvalue weighted by atomic mass is 15.2. The molecule has 0 N–H and O–H groups in total. The van der Waals surface area contributed by atoms with Crippen LogP contribution in [-0.4, -0.2) is 75.1 Å². The lowest BCUT2D eigenvalue weighted by atomic mass is 9.49. The van der Waals surface area contributed by atoms with Crippen molar-refractivity contribution in [2.75, 3.05) is 60.4 Å². The number of likely N-dealkylation sites (tertiary alicyclic amines) is 3. The fraction of sp³-hybridized carbons (Fsp3) is 0.217. The van der Waals surface area contributed by atoms with Crippen molar-refractivity contribution >= 4 is 215 Å². The van der Waals surface area contributed by atoms with Gasteiger partial charge in [-0.2, -0.15) is 0 Å². The average Bonchev–Trinajstić information content (AvgIpc) is 4.38. The van der Waals surface area contributed by atoms with Gasteiger partial charge in [-0.3, -0.25) is 0 Å². The maximum atomic E-state index is 2.92. The third kappa shape index (κ3) is 1.35. The SMILES string of the molecule is CN1CC23c4c5c6c7c8c9c%10c%11c%12c%13c%14c(c-5c2c2c5c%15c%16c%17c(c%18c%19c%20c%17c%17c%21c%22c%23c%24c(c8c(c%19c7c4%18)C%244CN(C)CC%20%214)c%10c4c%23c7c%22c8c%17c%16c%10c5c(c2%14)c2c%13c(c%114)c7c2c%108)C%153C1)C%121CN(C)CC691. The van der Waals surface area contributed by atoms with Crippen molar-refractivity contribution in [2.45, 2.75) is 32.5 Å². The summed E-state index contributed by atoms with van der Waals surface area (Å²) in [6, 6.07) is 0. The van der Waals surface area contributed by atoms with Crippen molar-refractivity contribution in [1.82, 2.24) is 14.7 Å². The molecular weight excluding hydrogens is 871 g/mol. The molecule has 3 saturated heterocycles. The average molecular weight is 892 g/mol. The van der Waals surface area contributed by atoms with E-state index in [1.165, 1.54) is 0 Å². The first-order chi connectivity index (χ1) is 35.5. The van der Waals surface area contributed by atoms with E-state index < -0.39 is 0 Å². The van der Waals surface area contributed by atoms with Crippen LogP contribution in [0.1, 0.15) is 66.8 Å². The van der Waals surface area contributed by atoms with E-state index in [1.807, 2.05) is 77.9 Å². The third-order valence-corrected chi connectivity index (χ3v) is 29.1. The standard InChI is InChI=1S/C69H21N3/c1-70-4-64-55-31-23-15-11-10-12-16-21(15)30(31)53-35-25(16)26-17(12)22-18-13(10)20-14(11)24-19(23)28-37-32(24)52-33(20)38-27(18)39-34(22)54-36(26)45-44(35)58(65(53,64)5-70)47-41-29-42-48(46(40(28)55)57(41)64)56(37)68-8-72(3)7-67(52,68)60(38)50-51(62(42)68)63-43(29)49(47)59(45)66(54)6-71(2)9-69(63,66)61(39)50/h4-9H2,1-3H3. The first-order valence-electron chi connectivity index (χ1n) is 27.9. The van der Waals surface area contributed by atoms with Crippen LogP contribution < -0.4 is 0 Å². The van der Waals surface area contributed by atoms with Gasteiger partial charge in [-0.1, -0.05) is 0 Å². The second kappa shape index (κ2) is 5.95. The van der Waals surface area contributed by atoms with Gasteiger partial charge in [-0.25, -0.2) is 0 Å². The molecule has 3 nitrogen and oxygen atoms in total. The minimum atomic E-state index is -0.125. The Morgan fingerprint density at radius 1 is 0.167 bits per heavy atom. The minimum Gasteiger partial charge on any atom is -0.304 e. The molecule has 20 aromatic rings. The van der Waals surface area contributed by atoms with Crippen LogP contribution >= 0.6 is 0 Å². The van der Waals surface area contributed by atoms with Crippen molar-refractivity contribution in [3.8, 4) is 11.1 Å². The molecule has 35 rings (SSSR count). The molecule has 12 aliphatic carbocycles. The molecule has 0 bridgehead atoms. The molecule has 6 unspecified atom stereocenters. The smallest absolute Gasteiger partial charge is 0.0505 e. The Morgan fingerprint density at radius 3 is 0.486 bits per heavy atom. The van der Waals surface area contributed by atoms with Crippen LogP contribution in [0.2, 0.25) is 0 Å². The topological polar surface area (TPSA) is 9.72 Å². The summed E-state index contributed by atoms with van der Waals surface area (Å²) in [7, 11) is 7.72. The molecule has 312 valence electrons. The summed E-state index contributed by atoms with van der Waals surface area (Å²) in [5.41, 5.74) is 25.1. The number of nitrogens with zero attached hydrogens (tertiary/aromatic N) is 3. The Kier molecular flexibility index (Phi) is 2.28. The second-order valence-electron chi connectivity index (χ2n) is 29.2. The Labute approximate surface area is 398 Å². The molecule has 0 saturated carbocycles. The summed E-state index contributed by atoms with van der Waals surface area (Å²) in [5, 5.41) is 70.1. The van der Waals surface area contributed by atoms with E-state index in [0.29, 0.717) is 0 Å². The van der Waals surface area contributed by atoms with Crippen LogP contribution in [0.15, 0.2) is 0 Å². The molecule has 0 radical (unpaired) electrons. The minimum absolute atomic E-state index is 0.119. The molecule has 20 aromatic carbocycles. The predicted molar refractivity (Wildman–Crippen MR) is 292 cm³/mol. The van der Waals surface area contributed by atoms with Crippen LogP contribution in [0.4, 0.5) is 0 Å². The Morgan fingerprint density at radius 2 is 0.278 bits per heavy atom. The summed E-state index contributed by atoms with van der Waals surface area (Å²) in [6.07, 6.45) is 0. The number of benzene rings is 14. The van der Waals surface area contributed by atoms with Gasteiger partial charge in [0, 0.05) is 39.3 Å². The van der Waals surface area contributed by atoms with Crippen LogP contribution in [0, 0.1) is 0 Å². The fourth-order valence-corrected chi connectivity index (χ4v) is 30.0. The summed E-state index contributed by atoms with van der Waals surface area (Å²) < 4.78 is 0. The molecular formula is C69H21N3. The highest BCUT2D eigenvalue weighted by Crippen LogP contribution is 2.91. The van der Waals surface area contributed by atoms with Gasteiger partial charge in [0.15, 0.2) is 0 Å². The maximum absolute atomic E-state index is 2.92. The Hall–Kier alpha value is -7.14. The molecule has 3 heterocycles. The van der Waals surface area contributed by atoms with Crippen LogP contribution in [0.3, 0.4) is 0 Å². The van der Waals surface area contributed by atoms with Crippen LogP contribution in [-0.2, 0) is 32.5 Å². The number of hydrogen-bond donors (Lipinski definition) is 0. The zero-order valence-electron chi connectivity index (χ0n) is 38.6. The quantitative estimate of drug-likeness (QED) is 0.140. The van der Waals surface area contributed by atoms with Crippen molar-refractivity contribution in [3.63, 3.8) is 0 Å². The molecule has 6 atom stereocenters. The van der Waals surface area contributed by atoms with Gasteiger partial charge >= 0.3 is 0 Å². The molecule has 0 amide bonds. The van der Waals surface area contributed by atoms with E-state index in [9.17, 15) is 0 Å². The van der Waals surface area contributed by atoms with E-state index in [1.54, 1.807) is 215 Å². The zero-order chi connectivity index (χ0) is 43.2. The summed E-state index contributed by atoms with van der Waals surface area (Å²) >= 11 is 0. The van der Waals surface area contributed by atoms with Gasteiger partial charge in [0.1, 0.15) is 0 Å². The lowest BCUT2D eigenvalue weighted by Crippen LogP contribution is -2.51. The maximum Gasteiger partial charge on any atom is 0.0505 e. The van der Waals surface area contributed by atoms with Crippen molar-refractivity contribution in [1.29, 1.82) is 0 Å². The van der Waals surface area contributed by atoms with E-state index in [2.05, 4.69) is 35.8 Å². The van der Waals surface area contributed by atoms with Gasteiger partial charge in [0.05, 0.1) is 32.5 Å². The molecule has 72 heavy (non-hydrogen) atoms. The van der Waals surface area contributed by atoms with Crippen molar-refractivity contribution in [2.24, 2.45) is 0 Å². The summed E-state index contributed by atoms with van der Waals surface area (Å²) in [4.78, 5) is 8.75. The first kappa shape index (κ1) is 27.6. The highest BCUT2D eigenvalue weighted by molar-refractivity contribution is 6.73. The van der Waals surface area contributed by atoms with Gasteiger partial charge in [0.25, 0.3) is 0 Å². The normalized spacial score (nSPS) is 33.9. The van der Waals surface area contributed by atoms with Crippen LogP contribution in [0.5, 0.6) is 0 Å². The molecule has 15 aliphatic rings. The monoisotopic (exact) mass is 891 g/mol. The molecule has 0 aromatic heterocycles. The second-order valence-corrected chi connectivity index (χ2v) is 29.2. The predicted octanol–water partition coefficient (Wildman–Crippen LogP) is 13.2. The molecule has 6 spiro atoms. The summed E-state index contributed by atoms with van der Waals surface area (Å²) in [6.45, 7) is 6.82. The van der Waals surface area contributed by atoms with Gasteiger partial charge in [-0.15, -0.1) is 0 Å². The molecule has 3 fully saturated rings. The largest absolute Gasteiger partial charge is 0.304 e. The Balaban J connectivity index is 1.17. The van der Waals surface area contributed by atoms with Gasteiger partial charge < -0.3 is 14.7 Å². The van der Waals surface area contributed by atoms with E-state index in [4.69, 9.17) is 0 Å². The molecule has 3 aliphatic heterocycles. The summed E-state index contributed by atoms with van der Waals surface area (Å²) in [5.74, 6) is 0. The number of rotatable bonds is 0. The van der Waals surface area contributed by atoms with Crippen LogP contribution in [0.25, 0.3) is 227 Å². The zero-order valence-corrected chi connectivity index (χ0v) is 38.6. The van der Waals surface area contributed by atoms with E-state index in [0.717, 1.165) is 39.3 Å². The van der Waals surface area contributed by atoms with E-state index in [-0.39, 0.29) is 32.5 Å². The Bertz CT molecular complexity index is 7050. The highest BCUT2D eigenvalue weighted by Gasteiger charge is 2.81. The van der Waals surface area contributed by atoms with Gasteiger partial charge in [-0.05, 0) is 314 Å². The van der Waals surface area contributed by atoms with Crippen molar-refractivity contribution in [3.05, 3.63) is 66.8 Å². The number of hydrogen-bond acceptors (Lipinski definition) is 3. The number of likely N-dealkylation sites (N-methyl/N-ethyl adjacent to an activating group) is 3. The van der Waals surface area contributed by atoms with Gasteiger partial charge in [0.2, 0.25) is 0 Å². The lowest BCUT2D eigenvalue weighted by molar-refractivity contribution is 0.392. The molecule has 3 heteroatoms. The fourth-order valence-electron chi connectivity index (χ4n) is 30.0. The first-order valence-corrected chi connectivity index (χ1v) is 27.9.